The van der Waals surface area contributed by atoms with Gasteiger partial charge in [-0.15, -0.1) is 0 Å². The number of aromatic nitrogens is 2. The van der Waals surface area contributed by atoms with Crippen LogP contribution in [-0.2, 0) is 13.5 Å². The summed E-state index contributed by atoms with van der Waals surface area (Å²) >= 11 is 0. The summed E-state index contributed by atoms with van der Waals surface area (Å²) in [6.45, 7) is 3.83. The van der Waals surface area contributed by atoms with Crippen LogP contribution < -0.4 is 10.1 Å². The molecule has 0 radical (unpaired) electrons. The molecule has 1 aliphatic rings. The molecule has 0 bridgehead atoms. The molecule has 2 heterocycles. The molecule has 100 valence electrons. The summed E-state index contributed by atoms with van der Waals surface area (Å²) in [6, 6.07) is 6.60. The molecular formula is C15H19N3O. The molecule has 0 amide bonds. The molecule has 0 saturated carbocycles. The van der Waals surface area contributed by atoms with Gasteiger partial charge < -0.3 is 14.6 Å². The predicted molar refractivity (Wildman–Crippen MR) is 74.4 cm³/mol. The number of fused-ring (bicyclic) bond motifs is 1. The van der Waals surface area contributed by atoms with Crippen molar-refractivity contribution in [2.45, 2.75) is 19.4 Å². The maximum atomic E-state index is 5.56. The van der Waals surface area contributed by atoms with Gasteiger partial charge in [0.15, 0.2) is 0 Å². The third kappa shape index (κ3) is 2.36. The summed E-state index contributed by atoms with van der Waals surface area (Å²) in [5, 5.41) is 3.50. The van der Waals surface area contributed by atoms with E-state index in [4.69, 9.17) is 4.74 Å². The minimum Gasteiger partial charge on any atom is -0.493 e. The number of aryl methyl sites for hydroxylation is 1. The van der Waals surface area contributed by atoms with Crippen LogP contribution in [0.15, 0.2) is 30.7 Å². The molecule has 0 saturated heterocycles. The molecular weight excluding hydrogens is 238 g/mol. The molecule has 4 nitrogen and oxygen atoms in total. The fourth-order valence-electron chi connectivity index (χ4n) is 2.57. The Morgan fingerprint density at radius 1 is 1.47 bits per heavy atom. The summed E-state index contributed by atoms with van der Waals surface area (Å²) in [5.41, 5.74) is 3.62. The number of rotatable bonds is 4. The zero-order valence-electron chi connectivity index (χ0n) is 11.4. The first-order chi connectivity index (χ1) is 9.28. The van der Waals surface area contributed by atoms with E-state index in [0.717, 1.165) is 31.0 Å². The van der Waals surface area contributed by atoms with E-state index < -0.39 is 0 Å². The van der Waals surface area contributed by atoms with Crippen LogP contribution in [0.2, 0.25) is 0 Å². The van der Waals surface area contributed by atoms with Gasteiger partial charge in [0.2, 0.25) is 0 Å². The molecule has 0 aliphatic carbocycles. The average Bonchev–Trinajstić information content (AvgIpc) is 3.03. The molecule has 1 N–H and O–H groups in total. The summed E-state index contributed by atoms with van der Waals surface area (Å²) < 4.78 is 7.55. The molecule has 2 aromatic rings. The van der Waals surface area contributed by atoms with E-state index in [0.29, 0.717) is 0 Å². The largest absolute Gasteiger partial charge is 0.493 e. The van der Waals surface area contributed by atoms with E-state index in [9.17, 15) is 0 Å². The van der Waals surface area contributed by atoms with E-state index in [1.54, 1.807) is 0 Å². The van der Waals surface area contributed by atoms with E-state index in [1.165, 1.54) is 11.1 Å². The van der Waals surface area contributed by atoms with Gasteiger partial charge in [0, 0.05) is 19.7 Å². The smallest absolute Gasteiger partial charge is 0.122 e. The Labute approximate surface area is 113 Å². The number of imidazole rings is 1. The number of nitrogens with zero attached hydrogens (tertiary/aromatic N) is 2. The third-order valence-corrected chi connectivity index (χ3v) is 3.48. The molecule has 1 aromatic heterocycles. The maximum absolute atomic E-state index is 5.56. The van der Waals surface area contributed by atoms with Gasteiger partial charge in [0.25, 0.3) is 0 Å². The minimum atomic E-state index is 0.150. The van der Waals surface area contributed by atoms with Crippen molar-refractivity contribution in [1.29, 1.82) is 0 Å². The highest BCUT2D eigenvalue weighted by Crippen LogP contribution is 2.30. The molecule has 1 aromatic carbocycles. The van der Waals surface area contributed by atoms with E-state index in [2.05, 4.69) is 41.6 Å². The molecule has 1 atom stereocenters. The summed E-state index contributed by atoms with van der Waals surface area (Å²) in [6.07, 6.45) is 4.91. The molecule has 3 rings (SSSR count). The van der Waals surface area contributed by atoms with Crippen molar-refractivity contribution in [1.82, 2.24) is 14.9 Å². The first kappa shape index (κ1) is 12.2. The van der Waals surface area contributed by atoms with Crippen molar-refractivity contribution in [2.75, 3.05) is 13.2 Å². The predicted octanol–water partition coefficient (Wildman–Crippen LogP) is 2.05. The van der Waals surface area contributed by atoms with Gasteiger partial charge in [-0.3, -0.25) is 0 Å². The molecule has 0 spiro atoms. The fraction of sp³-hybridized carbons (Fsp3) is 0.400. The second-order valence-electron chi connectivity index (χ2n) is 4.92. The number of hydrogen-bond acceptors (Lipinski definition) is 3. The van der Waals surface area contributed by atoms with Gasteiger partial charge >= 0.3 is 0 Å². The molecule has 1 aliphatic heterocycles. The Morgan fingerprint density at radius 3 is 3.11 bits per heavy atom. The topological polar surface area (TPSA) is 39.1 Å². The number of hydrogen-bond donors (Lipinski definition) is 1. The van der Waals surface area contributed by atoms with Crippen LogP contribution in [0, 0.1) is 0 Å². The maximum Gasteiger partial charge on any atom is 0.122 e. The van der Waals surface area contributed by atoms with Crippen LogP contribution in [0.25, 0.3) is 0 Å². The molecule has 4 heteroatoms. The molecule has 0 fully saturated rings. The standard InChI is InChI=1S/C15H19N3O/c1-3-16-15(13-9-18(2)10-17-13)12-4-5-14-11(8-12)6-7-19-14/h4-5,8-10,15-16H,3,6-7H2,1-2H3. The molecule has 19 heavy (non-hydrogen) atoms. The zero-order chi connectivity index (χ0) is 13.2. The Balaban J connectivity index is 1.95. The van der Waals surface area contributed by atoms with Gasteiger partial charge in [-0.05, 0) is 23.7 Å². The van der Waals surface area contributed by atoms with E-state index in [1.807, 2.05) is 17.9 Å². The lowest BCUT2D eigenvalue weighted by Gasteiger charge is -2.17. The highest BCUT2D eigenvalue weighted by molar-refractivity contribution is 5.42. The second-order valence-corrected chi connectivity index (χ2v) is 4.92. The summed E-state index contributed by atoms with van der Waals surface area (Å²) in [5.74, 6) is 1.03. The third-order valence-electron chi connectivity index (χ3n) is 3.48. The van der Waals surface area contributed by atoms with Crippen LogP contribution in [0.3, 0.4) is 0 Å². The van der Waals surface area contributed by atoms with Crippen LogP contribution in [-0.4, -0.2) is 22.7 Å². The lowest BCUT2D eigenvalue weighted by Crippen LogP contribution is -2.22. The monoisotopic (exact) mass is 257 g/mol. The lowest BCUT2D eigenvalue weighted by molar-refractivity contribution is 0.357. The van der Waals surface area contributed by atoms with Crippen molar-refractivity contribution in [3.63, 3.8) is 0 Å². The van der Waals surface area contributed by atoms with Crippen LogP contribution in [0.4, 0.5) is 0 Å². The van der Waals surface area contributed by atoms with Gasteiger partial charge in [0.05, 0.1) is 24.7 Å². The first-order valence-electron chi connectivity index (χ1n) is 6.75. The zero-order valence-corrected chi connectivity index (χ0v) is 11.4. The van der Waals surface area contributed by atoms with Crippen LogP contribution in [0.5, 0.6) is 5.75 Å². The molecule has 1 unspecified atom stereocenters. The van der Waals surface area contributed by atoms with Crippen LogP contribution in [0.1, 0.15) is 29.8 Å². The Hall–Kier alpha value is -1.81. The quantitative estimate of drug-likeness (QED) is 0.911. The van der Waals surface area contributed by atoms with E-state index in [-0.39, 0.29) is 6.04 Å². The average molecular weight is 257 g/mol. The highest BCUT2D eigenvalue weighted by Gasteiger charge is 2.19. The highest BCUT2D eigenvalue weighted by atomic mass is 16.5. The second kappa shape index (κ2) is 5.05. The van der Waals surface area contributed by atoms with Crippen molar-refractivity contribution in [3.05, 3.63) is 47.5 Å². The van der Waals surface area contributed by atoms with E-state index >= 15 is 0 Å². The van der Waals surface area contributed by atoms with Crippen molar-refractivity contribution < 1.29 is 4.74 Å². The number of benzene rings is 1. The normalized spacial score (nSPS) is 15.1. The Bertz CT molecular complexity index is 577. The van der Waals surface area contributed by atoms with Gasteiger partial charge in [-0.25, -0.2) is 4.98 Å². The van der Waals surface area contributed by atoms with Crippen molar-refractivity contribution in [2.24, 2.45) is 7.05 Å². The SMILES string of the molecule is CCNC(c1ccc2c(c1)CCO2)c1cn(C)cn1. The van der Waals surface area contributed by atoms with Gasteiger partial charge in [0.1, 0.15) is 5.75 Å². The lowest BCUT2D eigenvalue weighted by atomic mass is 10.0. The summed E-state index contributed by atoms with van der Waals surface area (Å²) in [7, 11) is 2.00. The van der Waals surface area contributed by atoms with Crippen LogP contribution >= 0.6 is 0 Å². The fourth-order valence-corrected chi connectivity index (χ4v) is 2.57. The first-order valence-corrected chi connectivity index (χ1v) is 6.75. The number of ether oxygens (including phenoxy) is 1. The summed E-state index contributed by atoms with van der Waals surface area (Å²) in [4.78, 5) is 4.47. The van der Waals surface area contributed by atoms with Gasteiger partial charge in [-0.1, -0.05) is 19.1 Å². The Morgan fingerprint density at radius 2 is 2.37 bits per heavy atom. The van der Waals surface area contributed by atoms with Crippen molar-refractivity contribution in [3.8, 4) is 5.75 Å². The number of nitrogens with one attached hydrogen (secondary N) is 1. The Kier molecular flexibility index (Phi) is 3.25. The van der Waals surface area contributed by atoms with Gasteiger partial charge in [-0.2, -0.15) is 0 Å². The van der Waals surface area contributed by atoms with Crippen molar-refractivity contribution >= 4 is 0 Å². The minimum absolute atomic E-state index is 0.150.